The molecule has 0 amide bonds. The molecule has 5 nitrogen and oxygen atoms in total. The van der Waals surface area contributed by atoms with Gasteiger partial charge in [-0.25, -0.2) is 4.68 Å². The van der Waals surface area contributed by atoms with Crippen LogP contribution < -0.4 is 0 Å². The maximum absolute atomic E-state index is 10.9. The second-order valence-electron chi connectivity index (χ2n) is 5.38. The Morgan fingerprint density at radius 1 is 1.39 bits per heavy atom. The van der Waals surface area contributed by atoms with Crippen LogP contribution in [0.4, 0.5) is 0 Å². The Morgan fingerprint density at radius 3 is 2.61 bits per heavy atom. The molecule has 2 rings (SSSR count). The van der Waals surface area contributed by atoms with Crippen LogP contribution >= 0.6 is 0 Å². The van der Waals surface area contributed by atoms with E-state index in [4.69, 9.17) is 5.11 Å². The highest BCUT2D eigenvalue weighted by atomic mass is 16.4. The molecule has 1 aromatic heterocycles. The van der Waals surface area contributed by atoms with Gasteiger partial charge < -0.3 is 5.11 Å². The van der Waals surface area contributed by atoms with Crippen LogP contribution in [0, 0.1) is 0 Å². The van der Waals surface area contributed by atoms with Crippen molar-refractivity contribution < 1.29 is 9.90 Å². The van der Waals surface area contributed by atoms with E-state index in [0.29, 0.717) is 11.7 Å². The summed E-state index contributed by atoms with van der Waals surface area (Å²) in [6.07, 6.45) is 6.00. The van der Waals surface area contributed by atoms with Crippen LogP contribution in [-0.4, -0.2) is 26.1 Å². The Balaban J connectivity index is 2.28. The first-order valence-electron chi connectivity index (χ1n) is 6.75. The van der Waals surface area contributed by atoms with E-state index in [2.05, 4.69) is 24.2 Å². The molecule has 0 unspecified atom stereocenters. The predicted octanol–water partition coefficient (Wildman–Crippen LogP) is 2.53. The Bertz CT molecular complexity index is 420. The summed E-state index contributed by atoms with van der Waals surface area (Å²) in [5.41, 5.74) is 1.63. The first kappa shape index (κ1) is 13.1. The molecule has 1 fully saturated rings. The molecule has 100 valence electrons. The molecule has 0 saturated heterocycles. The number of aliphatic carboxylic acids is 1. The zero-order valence-corrected chi connectivity index (χ0v) is 11.1. The van der Waals surface area contributed by atoms with Crippen molar-refractivity contribution in [2.24, 2.45) is 0 Å². The molecule has 1 heterocycles. The topological polar surface area (TPSA) is 68.0 Å². The maximum atomic E-state index is 10.9. The molecule has 0 bridgehead atoms. The number of hydrogen-bond donors (Lipinski definition) is 1. The molecule has 1 saturated carbocycles. The molecule has 0 aromatic carbocycles. The van der Waals surface area contributed by atoms with Crippen LogP contribution in [0.3, 0.4) is 0 Å². The lowest BCUT2D eigenvalue weighted by atomic mass is 9.94. The summed E-state index contributed by atoms with van der Waals surface area (Å²) < 4.78 is 1.99. The second kappa shape index (κ2) is 5.50. The van der Waals surface area contributed by atoms with Gasteiger partial charge in [-0.05, 0) is 18.8 Å². The quantitative estimate of drug-likeness (QED) is 0.892. The Kier molecular flexibility index (Phi) is 3.99. The van der Waals surface area contributed by atoms with Crippen LogP contribution in [0.25, 0.3) is 0 Å². The number of carboxylic acid groups (broad SMARTS) is 1. The lowest BCUT2D eigenvalue weighted by molar-refractivity contribution is -0.136. The highest BCUT2D eigenvalue weighted by Crippen LogP contribution is 2.31. The van der Waals surface area contributed by atoms with Crippen LogP contribution in [0.5, 0.6) is 0 Å². The largest absolute Gasteiger partial charge is 0.481 e. The lowest BCUT2D eigenvalue weighted by Crippen LogP contribution is -2.18. The van der Waals surface area contributed by atoms with E-state index < -0.39 is 5.97 Å². The van der Waals surface area contributed by atoms with Gasteiger partial charge in [-0.1, -0.05) is 38.3 Å². The number of aromatic nitrogens is 3. The summed E-state index contributed by atoms with van der Waals surface area (Å²) in [5, 5.41) is 17.2. The molecule has 1 aliphatic rings. The third-order valence-corrected chi connectivity index (χ3v) is 3.59. The summed E-state index contributed by atoms with van der Waals surface area (Å²) >= 11 is 0. The minimum atomic E-state index is -0.840. The predicted molar refractivity (Wildman–Crippen MR) is 67.6 cm³/mol. The molecule has 0 spiro atoms. The van der Waals surface area contributed by atoms with Gasteiger partial charge >= 0.3 is 5.97 Å². The van der Waals surface area contributed by atoms with Gasteiger partial charge in [0.1, 0.15) is 0 Å². The lowest BCUT2D eigenvalue weighted by Gasteiger charge is -2.24. The van der Waals surface area contributed by atoms with Crippen molar-refractivity contribution >= 4 is 5.97 Å². The normalized spacial score (nSPS) is 17.3. The number of carboxylic acids is 1. The van der Waals surface area contributed by atoms with Crippen molar-refractivity contribution in [2.75, 3.05) is 0 Å². The molecule has 0 radical (unpaired) electrons. The van der Waals surface area contributed by atoms with Gasteiger partial charge in [-0.2, -0.15) is 0 Å². The third kappa shape index (κ3) is 2.71. The average molecular weight is 251 g/mol. The van der Waals surface area contributed by atoms with Crippen molar-refractivity contribution in [3.05, 3.63) is 11.4 Å². The third-order valence-electron chi connectivity index (χ3n) is 3.59. The molecule has 1 aromatic rings. The molecule has 0 atom stereocenters. The van der Waals surface area contributed by atoms with E-state index in [0.717, 1.165) is 18.5 Å². The molecule has 0 aliphatic heterocycles. The highest BCUT2D eigenvalue weighted by Gasteiger charge is 2.24. The van der Waals surface area contributed by atoms with Gasteiger partial charge in [0.2, 0.25) is 0 Å². The summed E-state index contributed by atoms with van der Waals surface area (Å²) in [5.74, 6) is -0.580. The fourth-order valence-corrected chi connectivity index (χ4v) is 2.80. The Hall–Kier alpha value is -1.39. The monoisotopic (exact) mass is 251 g/mol. The van der Waals surface area contributed by atoms with Gasteiger partial charge in [0.25, 0.3) is 0 Å². The van der Waals surface area contributed by atoms with Crippen molar-refractivity contribution in [3.8, 4) is 0 Å². The highest BCUT2D eigenvalue weighted by molar-refractivity contribution is 5.69. The molecule has 1 aliphatic carbocycles. The Morgan fingerprint density at radius 2 is 2.06 bits per heavy atom. The number of carbonyl (C=O) groups is 1. The minimum absolute atomic E-state index is 0.0275. The summed E-state index contributed by atoms with van der Waals surface area (Å²) in [4.78, 5) is 10.9. The fraction of sp³-hybridized carbons (Fsp3) is 0.769. The van der Waals surface area contributed by atoms with E-state index in [1.54, 1.807) is 0 Å². The molecule has 5 heteroatoms. The van der Waals surface area contributed by atoms with Crippen molar-refractivity contribution in [1.82, 2.24) is 15.0 Å². The molecular weight excluding hydrogens is 230 g/mol. The van der Waals surface area contributed by atoms with Gasteiger partial charge in [0.15, 0.2) is 0 Å². The maximum Gasteiger partial charge on any atom is 0.309 e. The van der Waals surface area contributed by atoms with E-state index in [1.165, 1.54) is 19.3 Å². The van der Waals surface area contributed by atoms with E-state index in [1.807, 2.05) is 4.68 Å². The number of hydrogen-bond acceptors (Lipinski definition) is 3. The molecule has 18 heavy (non-hydrogen) atoms. The van der Waals surface area contributed by atoms with Gasteiger partial charge in [0.05, 0.1) is 23.9 Å². The summed E-state index contributed by atoms with van der Waals surface area (Å²) in [7, 11) is 0. The minimum Gasteiger partial charge on any atom is -0.481 e. The number of rotatable bonds is 4. The number of nitrogens with zero attached hydrogens (tertiary/aromatic N) is 3. The van der Waals surface area contributed by atoms with Crippen molar-refractivity contribution in [1.29, 1.82) is 0 Å². The van der Waals surface area contributed by atoms with Gasteiger partial charge in [0, 0.05) is 0 Å². The first-order chi connectivity index (χ1) is 8.59. The summed E-state index contributed by atoms with van der Waals surface area (Å²) in [6, 6.07) is 0.409. The van der Waals surface area contributed by atoms with E-state index in [-0.39, 0.29) is 12.3 Å². The fourth-order valence-electron chi connectivity index (χ4n) is 2.80. The van der Waals surface area contributed by atoms with Crippen LogP contribution in [0.15, 0.2) is 0 Å². The zero-order chi connectivity index (χ0) is 13.1. The summed E-state index contributed by atoms with van der Waals surface area (Å²) in [6.45, 7) is 4.15. The SMILES string of the molecule is CC(C)c1c(CC(=O)O)nnn1C1CCCCC1. The molecule has 1 N–H and O–H groups in total. The smallest absolute Gasteiger partial charge is 0.309 e. The van der Waals surface area contributed by atoms with Crippen LogP contribution in [0.2, 0.25) is 0 Å². The van der Waals surface area contributed by atoms with E-state index in [9.17, 15) is 4.79 Å². The Labute approximate surface area is 107 Å². The standard InChI is InChI=1S/C13H21N3O2/c1-9(2)13-11(8-12(17)18)14-15-16(13)10-6-4-3-5-7-10/h9-10H,3-8H2,1-2H3,(H,17,18). The second-order valence-corrected chi connectivity index (χ2v) is 5.38. The first-order valence-corrected chi connectivity index (χ1v) is 6.75. The molecular formula is C13H21N3O2. The van der Waals surface area contributed by atoms with Crippen LogP contribution in [0.1, 0.15) is 69.3 Å². The zero-order valence-electron chi connectivity index (χ0n) is 11.1. The van der Waals surface area contributed by atoms with Gasteiger partial charge in [-0.3, -0.25) is 4.79 Å². The van der Waals surface area contributed by atoms with Crippen LogP contribution in [-0.2, 0) is 11.2 Å². The van der Waals surface area contributed by atoms with Gasteiger partial charge in [-0.15, -0.1) is 5.10 Å². The van der Waals surface area contributed by atoms with Crippen molar-refractivity contribution in [3.63, 3.8) is 0 Å². The van der Waals surface area contributed by atoms with E-state index >= 15 is 0 Å². The van der Waals surface area contributed by atoms with Crippen molar-refractivity contribution in [2.45, 2.75) is 64.3 Å². The average Bonchev–Trinajstić information content (AvgIpc) is 2.73.